The number of aromatic nitrogens is 1. The molecule has 0 aliphatic rings. The Balaban J connectivity index is 2.01. The molecule has 0 aliphatic carbocycles. The van der Waals surface area contributed by atoms with Crippen LogP contribution in [0, 0.1) is 6.92 Å². The maximum atomic E-state index is 11.7. The summed E-state index contributed by atoms with van der Waals surface area (Å²) in [4.78, 5) is 16.0. The molecule has 0 saturated heterocycles. The fourth-order valence-electron chi connectivity index (χ4n) is 1.46. The lowest BCUT2D eigenvalue weighted by Crippen LogP contribution is -2.15. The number of thiazole rings is 1. The van der Waals surface area contributed by atoms with Crippen molar-refractivity contribution in [3.8, 4) is 0 Å². The molecule has 0 fully saturated rings. The highest BCUT2D eigenvalue weighted by Crippen LogP contribution is 2.17. The number of nitrogens with one attached hydrogen (secondary N) is 1. The molecule has 2 rings (SSSR count). The van der Waals surface area contributed by atoms with Crippen LogP contribution in [0.15, 0.2) is 29.6 Å². The van der Waals surface area contributed by atoms with E-state index in [1.807, 2.05) is 24.4 Å². The fourth-order valence-corrected chi connectivity index (χ4v) is 2.07. The summed E-state index contributed by atoms with van der Waals surface area (Å²) in [6, 6.07) is 7.19. The van der Waals surface area contributed by atoms with E-state index in [1.165, 1.54) is 0 Å². The van der Waals surface area contributed by atoms with Crippen molar-refractivity contribution in [2.45, 2.75) is 13.3 Å². The summed E-state index contributed by atoms with van der Waals surface area (Å²) in [7, 11) is 0. The van der Waals surface area contributed by atoms with Crippen LogP contribution >= 0.6 is 11.3 Å². The molecule has 0 saturated carbocycles. The SMILES string of the molecule is Cc1nc(CC(=O)Nc2ccccc2N)cs1. The van der Waals surface area contributed by atoms with E-state index < -0.39 is 0 Å². The number of nitrogens with zero attached hydrogens (tertiary/aromatic N) is 1. The van der Waals surface area contributed by atoms with Crippen molar-refractivity contribution in [1.29, 1.82) is 0 Å². The van der Waals surface area contributed by atoms with Crippen LogP contribution in [0.4, 0.5) is 11.4 Å². The highest BCUT2D eigenvalue weighted by Gasteiger charge is 2.07. The average Bonchev–Trinajstić information content (AvgIpc) is 2.67. The van der Waals surface area contributed by atoms with Crippen LogP contribution in [0.25, 0.3) is 0 Å². The Morgan fingerprint density at radius 1 is 1.47 bits per heavy atom. The van der Waals surface area contributed by atoms with Gasteiger partial charge in [-0.1, -0.05) is 12.1 Å². The van der Waals surface area contributed by atoms with Crippen molar-refractivity contribution in [3.05, 3.63) is 40.3 Å². The second-order valence-corrected chi connectivity index (χ2v) is 4.73. The summed E-state index contributed by atoms with van der Waals surface area (Å²) in [5.74, 6) is -0.104. The summed E-state index contributed by atoms with van der Waals surface area (Å²) >= 11 is 1.54. The second kappa shape index (κ2) is 4.97. The van der Waals surface area contributed by atoms with E-state index in [1.54, 1.807) is 23.5 Å². The molecule has 0 bridgehead atoms. The molecule has 0 unspecified atom stereocenters. The summed E-state index contributed by atoms with van der Waals surface area (Å²) in [5, 5.41) is 5.63. The molecule has 0 atom stereocenters. The molecule has 1 heterocycles. The van der Waals surface area contributed by atoms with Crippen molar-refractivity contribution in [3.63, 3.8) is 0 Å². The van der Waals surface area contributed by atoms with Gasteiger partial charge < -0.3 is 11.1 Å². The Morgan fingerprint density at radius 3 is 2.88 bits per heavy atom. The van der Waals surface area contributed by atoms with Crippen LogP contribution in [0.3, 0.4) is 0 Å². The summed E-state index contributed by atoms with van der Waals surface area (Å²) in [6.07, 6.45) is 0.276. The molecule has 5 heteroatoms. The van der Waals surface area contributed by atoms with Crippen LogP contribution in [0.1, 0.15) is 10.7 Å². The second-order valence-electron chi connectivity index (χ2n) is 3.67. The number of benzene rings is 1. The fraction of sp³-hybridized carbons (Fsp3) is 0.167. The van der Waals surface area contributed by atoms with Gasteiger partial charge in [0.1, 0.15) is 0 Å². The minimum absolute atomic E-state index is 0.104. The first-order valence-corrected chi connectivity index (χ1v) is 6.08. The van der Waals surface area contributed by atoms with Gasteiger partial charge in [0.05, 0.1) is 28.5 Å². The van der Waals surface area contributed by atoms with Gasteiger partial charge in [-0.3, -0.25) is 4.79 Å². The molecular formula is C12H13N3OS. The molecule has 0 radical (unpaired) electrons. The quantitative estimate of drug-likeness (QED) is 0.817. The lowest BCUT2D eigenvalue weighted by Gasteiger charge is -2.06. The number of nitrogen functional groups attached to an aromatic ring is 1. The van der Waals surface area contributed by atoms with Crippen molar-refractivity contribution < 1.29 is 4.79 Å². The van der Waals surface area contributed by atoms with Gasteiger partial charge in [-0.15, -0.1) is 11.3 Å². The van der Waals surface area contributed by atoms with E-state index in [9.17, 15) is 4.79 Å². The highest BCUT2D eigenvalue weighted by molar-refractivity contribution is 7.09. The molecule has 4 nitrogen and oxygen atoms in total. The van der Waals surface area contributed by atoms with E-state index in [0.717, 1.165) is 10.7 Å². The zero-order valence-electron chi connectivity index (χ0n) is 9.43. The van der Waals surface area contributed by atoms with Crippen LogP contribution in [0.5, 0.6) is 0 Å². The number of carbonyl (C=O) groups is 1. The van der Waals surface area contributed by atoms with Gasteiger partial charge >= 0.3 is 0 Å². The monoisotopic (exact) mass is 247 g/mol. The zero-order chi connectivity index (χ0) is 12.3. The van der Waals surface area contributed by atoms with Crippen molar-refractivity contribution >= 4 is 28.6 Å². The Morgan fingerprint density at radius 2 is 2.24 bits per heavy atom. The van der Waals surface area contributed by atoms with Crippen LogP contribution in [0.2, 0.25) is 0 Å². The first kappa shape index (κ1) is 11.6. The van der Waals surface area contributed by atoms with Gasteiger partial charge in [-0.25, -0.2) is 4.98 Å². The number of aryl methyl sites for hydroxylation is 1. The summed E-state index contributed by atoms with van der Waals surface area (Å²) in [5.41, 5.74) is 7.74. The van der Waals surface area contributed by atoms with E-state index in [0.29, 0.717) is 11.4 Å². The van der Waals surface area contributed by atoms with E-state index >= 15 is 0 Å². The molecule has 88 valence electrons. The minimum Gasteiger partial charge on any atom is -0.397 e. The van der Waals surface area contributed by atoms with Gasteiger partial charge in [0.2, 0.25) is 5.91 Å². The number of nitrogens with two attached hydrogens (primary N) is 1. The minimum atomic E-state index is -0.104. The van der Waals surface area contributed by atoms with Crippen molar-refractivity contribution in [2.24, 2.45) is 0 Å². The lowest BCUT2D eigenvalue weighted by atomic mass is 10.2. The van der Waals surface area contributed by atoms with Crippen molar-refractivity contribution in [1.82, 2.24) is 4.98 Å². The molecule has 3 N–H and O–H groups in total. The molecule has 0 spiro atoms. The van der Waals surface area contributed by atoms with E-state index in [2.05, 4.69) is 10.3 Å². The van der Waals surface area contributed by atoms with Crippen LogP contribution < -0.4 is 11.1 Å². The number of anilines is 2. The van der Waals surface area contributed by atoms with Crippen LogP contribution in [-0.4, -0.2) is 10.9 Å². The number of para-hydroxylation sites is 2. The maximum Gasteiger partial charge on any atom is 0.230 e. The van der Waals surface area contributed by atoms with Gasteiger partial charge in [0.15, 0.2) is 0 Å². The molecule has 1 aromatic carbocycles. The Kier molecular flexibility index (Phi) is 3.39. The predicted molar refractivity (Wildman–Crippen MR) is 70.0 cm³/mol. The first-order valence-electron chi connectivity index (χ1n) is 5.20. The van der Waals surface area contributed by atoms with Gasteiger partial charge in [0.25, 0.3) is 0 Å². The topological polar surface area (TPSA) is 68.0 Å². The molecule has 17 heavy (non-hydrogen) atoms. The van der Waals surface area contributed by atoms with Gasteiger partial charge in [-0.2, -0.15) is 0 Å². The number of carbonyl (C=O) groups excluding carboxylic acids is 1. The lowest BCUT2D eigenvalue weighted by molar-refractivity contribution is -0.115. The van der Waals surface area contributed by atoms with Gasteiger partial charge in [-0.05, 0) is 19.1 Å². The summed E-state index contributed by atoms with van der Waals surface area (Å²) in [6.45, 7) is 1.92. The smallest absolute Gasteiger partial charge is 0.230 e. The molecule has 1 amide bonds. The Labute approximate surface area is 103 Å². The van der Waals surface area contributed by atoms with E-state index in [-0.39, 0.29) is 12.3 Å². The Hall–Kier alpha value is -1.88. The largest absolute Gasteiger partial charge is 0.397 e. The number of rotatable bonds is 3. The first-order chi connectivity index (χ1) is 8.15. The number of hydrogen-bond donors (Lipinski definition) is 2. The highest BCUT2D eigenvalue weighted by atomic mass is 32.1. The standard InChI is InChI=1S/C12H13N3OS/c1-8-14-9(7-17-8)6-12(16)15-11-5-3-2-4-10(11)13/h2-5,7H,6,13H2,1H3,(H,15,16). The van der Waals surface area contributed by atoms with E-state index in [4.69, 9.17) is 5.73 Å². The summed E-state index contributed by atoms with van der Waals surface area (Å²) < 4.78 is 0. The third-order valence-corrected chi connectivity index (χ3v) is 3.07. The van der Waals surface area contributed by atoms with Gasteiger partial charge in [0, 0.05) is 5.38 Å². The Bertz CT molecular complexity index is 536. The zero-order valence-corrected chi connectivity index (χ0v) is 10.3. The number of amides is 1. The normalized spacial score (nSPS) is 10.2. The predicted octanol–water partition coefficient (Wildman–Crippen LogP) is 2.21. The molecule has 0 aliphatic heterocycles. The molecule has 2 aromatic rings. The van der Waals surface area contributed by atoms with Crippen LogP contribution in [-0.2, 0) is 11.2 Å². The average molecular weight is 247 g/mol. The third kappa shape index (κ3) is 3.04. The maximum absolute atomic E-state index is 11.7. The molecule has 1 aromatic heterocycles. The van der Waals surface area contributed by atoms with Crippen molar-refractivity contribution in [2.75, 3.05) is 11.1 Å². The third-order valence-electron chi connectivity index (χ3n) is 2.24. The molecular weight excluding hydrogens is 234 g/mol. The number of hydrogen-bond acceptors (Lipinski definition) is 4.